The van der Waals surface area contributed by atoms with Gasteiger partial charge in [-0.1, -0.05) is 12.1 Å². The molecular formula is C15H21N3O4. The van der Waals surface area contributed by atoms with E-state index in [1.807, 2.05) is 12.1 Å². The Morgan fingerprint density at radius 1 is 1.23 bits per heavy atom. The van der Waals surface area contributed by atoms with Crippen molar-refractivity contribution in [2.75, 3.05) is 21.2 Å². The van der Waals surface area contributed by atoms with Crippen LogP contribution >= 0.6 is 0 Å². The van der Waals surface area contributed by atoms with Crippen molar-refractivity contribution in [2.45, 2.75) is 19.5 Å². The fourth-order valence-corrected chi connectivity index (χ4v) is 1.79. The molecular weight excluding hydrogens is 286 g/mol. The number of benzene rings is 1. The zero-order valence-electron chi connectivity index (χ0n) is 13.2. The SMILES string of the molecule is CNC(=O)c1ccc(CN(C)[C@H](C)C(=O)NC(=O)OC)cc1. The van der Waals surface area contributed by atoms with E-state index in [4.69, 9.17) is 0 Å². The van der Waals surface area contributed by atoms with Crippen LogP contribution in [0, 0.1) is 0 Å². The van der Waals surface area contributed by atoms with Gasteiger partial charge in [0.15, 0.2) is 0 Å². The van der Waals surface area contributed by atoms with Crippen LogP contribution in [0.5, 0.6) is 0 Å². The molecule has 0 aromatic heterocycles. The van der Waals surface area contributed by atoms with E-state index in [0.717, 1.165) is 5.56 Å². The van der Waals surface area contributed by atoms with E-state index in [2.05, 4.69) is 15.4 Å². The molecule has 22 heavy (non-hydrogen) atoms. The van der Waals surface area contributed by atoms with Gasteiger partial charge in [-0.05, 0) is 31.7 Å². The van der Waals surface area contributed by atoms with Gasteiger partial charge in [0.1, 0.15) is 0 Å². The molecule has 0 spiro atoms. The van der Waals surface area contributed by atoms with Gasteiger partial charge in [0, 0.05) is 19.2 Å². The van der Waals surface area contributed by atoms with Gasteiger partial charge < -0.3 is 10.1 Å². The first-order valence-corrected chi connectivity index (χ1v) is 6.79. The number of methoxy groups -OCH3 is 1. The molecule has 0 saturated carbocycles. The number of carbonyl (C=O) groups excluding carboxylic acids is 3. The van der Waals surface area contributed by atoms with E-state index in [1.165, 1.54) is 7.11 Å². The van der Waals surface area contributed by atoms with E-state index in [9.17, 15) is 14.4 Å². The molecule has 3 amide bonds. The standard InChI is InChI=1S/C15H21N3O4/c1-10(13(19)17-15(21)22-4)18(3)9-11-5-7-12(8-6-11)14(20)16-2/h5-8,10H,9H2,1-4H3,(H,16,20)(H,17,19,21)/t10-/m1/s1. The van der Waals surface area contributed by atoms with Crippen LogP contribution in [0.15, 0.2) is 24.3 Å². The monoisotopic (exact) mass is 307 g/mol. The molecule has 0 aliphatic carbocycles. The molecule has 1 atom stereocenters. The van der Waals surface area contributed by atoms with Crippen molar-refractivity contribution in [1.82, 2.24) is 15.5 Å². The minimum atomic E-state index is -0.778. The molecule has 120 valence electrons. The molecule has 0 fully saturated rings. The van der Waals surface area contributed by atoms with E-state index in [0.29, 0.717) is 12.1 Å². The second kappa shape index (κ2) is 8.14. The van der Waals surface area contributed by atoms with Gasteiger partial charge >= 0.3 is 6.09 Å². The molecule has 0 saturated heterocycles. The minimum absolute atomic E-state index is 0.147. The number of hydrogen-bond acceptors (Lipinski definition) is 5. The first-order valence-electron chi connectivity index (χ1n) is 6.79. The number of imide groups is 1. The fourth-order valence-electron chi connectivity index (χ4n) is 1.79. The number of likely N-dealkylation sites (N-methyl/N-ethyl adjacent to an activating group) is 1. The van der Waals surface area contributed by atoms with Crippen LogP contribution in [0.1, 0.15) is 22.8 Å². The highest BCUT2D eigenvalue weighted by Crippen LogP contribution is 2.09. The predicted octanol–water partition coefficient (Wildman–Crippen LogP) is 0.749. The second-order valence-electron chi connectivity index (χ2n) is 4.85. The number of alkyl carbamates (subject to hydrolysis) is 1. The van der Waals surface area contributed by atoms with Crippen molar-refractivity contribution in [2.24, 2.45) is 0 Å². The summed E-state index contributed by atoms with van der Waals surface area (Å²) in [4.78, 5) is 36.1. The van der Waals surface area contributed by atoms with E-state index < -0.39 is 18.0 Å². The van der Waals surface area contributed by atoms with E-state index in [-0.39, 0.29) is 5.91 Å². The Balaban J connectivity index is 2.63. The van der Waals surface area contributed by atoms with Crippen LogP contribution in [-0.4, -0.2) is 50.1 Å². The Kier molecular flexibility index (Phi) is 6.52. The number of rotatable bonds is 5. The van der Waals surface area contributed by atoms with Gasteiger partial charge in [0.25, 0.3) is 5.91 Å². The van der Waals surface area contributed by atoms with Crippen molar-refractivity contribution >= 4 is 17.9 Å². The summed E-state index contributed by atoms with van der Waals surface area (Å²) in [5.74, 6) is -0.581. The molecule has 1 aromatic rings. The molecule has 1 rings (SSSR count). The van der Waals surface area contributed by atoms with Crippen LogP contribution in [-0.2, 0) is 16.1 Å². The van der Waals surface area contributed by atoms with Crippen LogP contribution in [0.4, 0.5) is 4.79 Å². The van der Waals surface area contributed by atoms with Gasteiger partial charge in [-0.2, -0.15) is 0 Å². The lowest BCUT2D eigenvalue weighted by Crippen LogP contribution is -2.45. The number of nitrogens with one attached hydrogen (secondary N) is 2. The second-order valence-corrected chi connectivity index (χ2v) is 4.85. The zero-order chi connectivity index (χ0) is 16.7. The molecule has 7 heteroatoms. The molecule has 7 nitrogen and oxygen atoms in total. The quantitative estimate of drug-likeness (QED) is 0.838. The number of ether oxygens (including phenoxy) is 1. The Bertz CT molecular complexity index is 542. The average molecular weight is 307 g/mol. The summed E-state index contributed by atoms with van der Waals surface area (Å²) in [5, 5.41) is 4.69. The van der Waals surface area contributed by atoms with Crippen molar-refractivity contribution in [1.29, 1.82) is 0 Å². The van der Waals surface area contributed by atoms with Crippen molar-refractivity contribution in [3.05, 3.63) is 35.4 Å². The molecule has 2 N–H and O–H groups in total. The average Bonchev–Trinajstić information content (AvgIpc) is 2.53. The highest BCUT2D eigenvalue weighted by molar-refractivity contribution is 5.94. The van der Waals surface area contributed by atoms with Crippen molar-refractivity contribution < 1.29 is 19.1 Å². The maximum atomic E-state index is 11.8. The third-order valence-electron chi connectivity index (χ3n) is 3.33. The summed E-state index contributed by atoms with van der Waals surface area (Å²) in [7, 11) is 4.55. The molecule has 1 aromatic carbocycles. The number of carbonyl (C=O) groups is 3. The normalized spacial score (nSPS) is 11.7. The Morgan fingerprint density at radius 3 is 2.32 bits per heavy atom. The summed E-state index contributed by atoms with van der Waals surface area (Å²) >= 11 is 0. The van der Waals surface area contributed by atoms with Crippen LogP contribution in [0.3, 0.4) is 0 Å². The third kappa shape index (κ3) is 4.85. The van der Waals surface area contributed by atoms with Gasteiger partial charge in [-0.25, -0.2) is 4.79 Å². The maximum absolute atomic E-state index is 11.8. The molecule has 0 bridgehead atoms. The molecule has 0 aliphatic heterocycles. The van der Waals surface area contributed by atoms with Gasteiger partial charge in [-0.15, -0.1) is 0 Å². The predicted molar refractivity (Wildman–Crippen MR) is 81.3 cm³/mol. The minimum Gasteiger partial charge on any atom is -0.453 e. The van der Waals surface area contributed by atoms with E-state index in [1.54, 1.807) is 38.1 Å². The number of hydrogen-bond donors (Lipinski definition) is 2. The van der Waals surface area contributed by atoms with Gasteiger partial charge in [0.2, 0.25) is 5.91 Å². The number of amides is 3. The summed E-state index contributed by atoms with van der Waals surface area (Å²) in [6, 6.07) is 6.60. The Morgan fingerprint density at radius 2 is 1.82 bits per heavy atom. The summed E-state index contributed by atoms with van der Waals surface area (Å²) in [6.07, 6.45) is -0.778. The summed E-state index contributed by atoms with van der Waals surface area (Å²) in [6.45, 7) is 2.20. The lowest BCUT2D eigenvalue weighted by Gasteiger charge is -2.23. The third-order valence-corrected chi connectivity index (χ3v) is 3.33. The summed E-state index contributed by atoms with van der Waals surface area (Å²) < 4.78 is 4.39. The molecule has 0 heterocycles. The molecule has 0 radical (unpaired) electrons. The van der Waals surface area contributed by atoms with Crippen LogP contribution in [0.25, 0.3) is 0 Å². The smallest absolute Gasteiger partial charge is 0.413 e. The largest absolute Gasteiger partial charge is 0.453 e. The lowest BCUT2D eigenvalue weighted by molar-refractivity contribution is -0.124. The highest BCUT2D eigenvalue weighted by atomic mass is 16.5. The lowest BCUT2D eigenvalue weighted by atomic mass is 10.1. The Labute approximate surface area is 129 Å². The van der Waals surface area contributed by atoms with Crippen LogP contribution in [0.2, 0.25) is 0 Å². The zero-order valence-corrected chi connectivity index (χ0v) is 13.2. The first-order chi connectivity index (χ1) is 10.4. The topological polar surface area (TPSA) is 87.7 Å². The van der Waals surface area contributed by atoms with Crippen LogP contribution < -0.4 is 10.6 Å². The van der Waals surface area contributed by atoms with Gasteiger partial charge in [0.05, 0.1) is 13.2 Å². The fraction of sp³-hybridized carbons (Fsp3) is 0.400. The van der Waals surface area contributed by atoms with Gasteiger partial charge in [-0.3, -0.25) is 19.8 Å². The highest BCUT2D eigenvalue weighted by Gasteiger charge is 2.20. The van der Waals surface area contributed by atoms with Crippen molar-refractivity contribution in [3.63, 3.8) is 0 Å². The summed E-state index contributed by atoms with van der Waals surface area (Å²) in [5.41, 5.74) is 1.53. The van der Waals surface area contributed by atoms with E-state index >= 15 is 0 Å². The maximum Gasteiger partial charge on any atom is 0.413 e. The number of nitrogens with zero attached hydrogens (tertiary/aromatic N) is 1. The van der Waals surface area contributed by atoms with Crippen molar-refractivity contribution in [3.8, 4) is 0 Å². The molecule has 0 unspecified atom stereocenters. The molecule has 0 aliphatic rings. The Hall–Kier alpha value is -2.41. The first kappa shape index (κ1) is 17.6.